The average molecular weight is 219 g/mol. The van der Waals surface area contributed by atoms with Gasteiger partial charge in [0, 0.05) is 6.20 Å². The topological polar surface area (TPSA) is 43.8 Å². The first-order chi connectivity index (χ1) is 7.79. The Hall–Kier alpha value is -1.68. The lowest BCUT2D eigenvalue weighted by Crippen LogP contribution is -2.01. The number of benzene rings is 1. The van der Waals surface area contributed by atoms with Gasteiger partial charge in [-0.25, -0.2) is 9.07 Å². The monoisotopic (exact) mass is 219 g/mol. The van der Waals surface area contributed by atoms with Gasteiger partial charge in [-0.05, 0) is 49.7 Å². The minimum Gasteiger partial charge on any atom is -0.330 e. The van der Waals surface area contributed by atoms with Crippen molar-refractivity contribution in [1.82, 2.24) is 9.78 Å². The molecular weight excluding hydrogens is 205 g/mol. The maximum absolute atomic E-state index is 12.7. The van der Waals surface area contributed by atoms with E-state index in [4.69, 9.17) is 5.73 Å². The molecule has 0 radical (unpaired) electrons. The molecule has 0 atom stereocenters. The van der Waals surface area contributed by atoms with Gasteiger partial charge in [-0.3, -0.25) is 0 Å². The van der Waals surface area contributed by atoms with Crippen molar-refractivity contribution in [3.05, 3.63) is 48.0 Å². The maximum Gasteiger partial charge on any atom is 0.123 e. The zero-order valence-corrected chi connectivity index (χ0v) is 8.94. The third-order valence-corrected chi connectivity index (χ3v) is 2.37. The molecule has 2 rings (SSSR count). The van der Waals surface area contributed by atoms with Crippen molar-refractivity contribution in [2.24, 2.45) is 5.73 Å². The molecule has 0 bridgehead atoms. The van der Waals surface area contributed by atoms with Crippen molar-refractivity contribution in [3.63, 3.8) is 0 Å². The standard InChI is InChI=1S/C12H14FN3/c13-10-3-5-12(6-4-10)16-9-7-11(15-16)2-1-8-14/h3-7,9H,1-2,8,14H2. The van der Waals surface area contributed by atoms with Crippen LogP contribution in [0.5, 0.6) is 0 Å². The fourth-order valence-corrected chi connectivity index (χ4v) is 1.52. The van der Waals surface area contributed by atoms with Gasteiger partial charge in [0.25, 0.3) is 0 Å². The number of nitrogens with zero attached hydrogens (tertiary/aromatic N) is 2. The van der Waals surface area contributed by atoms with Gasteiger partial charge in [0.2, 0.25) is 0 Å². The first kappa shape index (κ1) is 10.8. The van der Waals surface area contributed by atoms with E-state index in [0.29, 0.717) is 6.54 Å². The third-order valence-electron chi connectivity index (χ3n) is 2.37. The van der Waals surface area contributed by atoms with Crippen molar-refractivity contribution in [2.75, 3.05) is 6.54 Å². The molecular formula is C12H14FN3. The van der Waals surface area contributed by atoms with Crippen LogP contribution in [-0.2, 0) is 6.42 Å². The molecule has 0 saturated carbocycles. The maximum atomic E-state index is 12.7. The van der Waals surface area contributed by atoms with E-state index in [1.165, 1.54) is 12.1 Å². The molecule has 1 aromatic carbocycles. The molecule has 84 valence electrons. The van der Waals surface area contributed by atoms with E-state index >= 15 is 0 Å². The van der Waals surface area contributed by atoms with E-state index in [0.717, 1.165) is 24.2 Å². The van der Waals surface area contributed by atoms with E-state index in [1.807, 2.05) is 12.3 Å². The largest absolute Gasteiger partial charge is 0.330 e. The molecule has 16 heavy (non-hydrogen) atoms. The predicted octanol–water partition coefficient (Wildman–Crippen LogP) is 1.90. The molecule has 0 fully saturated rings. The Morgan fingerprint density at radius 3 is 2.62 bits per heavy atom. The molecule has 0 aliphatic carbocycles. The van der Waals surface area contributed by atoms with Crippen LogP contribution in [0.15, 0.2) is 36.5 Å². The van der Waals surface area contributed by atoms with Gasteiger partial charge in [0.05, 0.1) is 11.4 Å². The summed E-state index contributed by atoms with van der Waals surface area (Å²) in [7, 11) is 0. The Morgan fingerprint density at radius 1 is 1.19 bits per heavy atom. The number of halogens is 1. The van der Waals surface area contributed by atoms with E-state index in [9.17, 15) is 4.39 Å². The lowest BCUT2D eigenvalue weighted by atomic mass is 10.2. The highest BCUT2D eigenvalue weighted by atomic mass is 19.1. The van der Waals surface area contributed by atoms with E-state index in [-0.39, 0.29) is 5.82 Å². The average Bonchev–Trinajstić information content (AvgIpc) is 2.76. The predicted molar refractivity (Wildman–Crippen MR) is 60.9 cm³/mol. The molecule has 0 unspecified atom stereocenters. The first-order valence-corrected chi connectivity index (χ1v) is 5.30. The van der Waals surface area contributed by atoms with Crippen molar-refractivity contribution in [3.8, 4) is 5.69 Å². The van der Waals surface area contributed by atoms with Crippen LogP contribution in [0.4, 0.5) is 4.39 Å². The Bertz CT molecular complexity index is 448. The zero-order chi connectivity index (χ0) is 11.4. The van der Waals surface area contributed by atoms with Gasteiger partial charge in [-0.15, -0.1) is 0 Å². The third kappa shape index (κ3) is 2.46. The summed E-state index contributed by atoms with van der Waals surface area (Å²) in [5, 5.41) is 4.39. The Morgan fingerprint density at radius 2 is 1.94 bits per heavy atom. The summed E-state index contributed by atoms with van der Waals surface area (Å²) in [6, 6.07) is 8.22. The molecule has 1 heterocycles. The normalized spacial score (nSPS) is 10.6. The number of aryl methyl sites for hydroxylation is 1. The number of nitrogens with two attached hydrogens (primary N) is 1. The lowest BCUT2D eigenvalue weighted by molar-refractivity contribution is 0.627. The molecule has 0 amide bonds. The summed E-state index contributed by atoms with van der Waals surface area (Å²) in [5.41, 5.74) is 7.31. The van der Waals surface area contributed by atoms with E-state index < -0.39 is 0 Å². The second-order valence-corrected chi connectivity index (χ2v) is 3.62. The first-order valence-electron chi connectivity index (χ1n) is 5.30. The summed E-state index contributed by atoms with van der Waals surface area (Å²) in [4.78, 5) is 0. The van der Waals surface area contributed by atoms with Crippen LogP contribution in [-0.4, -0.2) is 16.3 Å². The van der Waals surface area contributed by atoms with Crippen LogP contribution >= 0.6 is 0 Å². The van der Waals surface area contributed by atoms with Crippen molar-refractivity contribution in [1.29, 1.82) is 0 Å². The van der Waals surface area contributed by atoms with Crippen LogP contribution in [0.25, 0.3) is 5.69 Å². The van der Waals surface area contributed by atoms with Gasteiger partial charge in [0.1, 0.15) is 5.82 Å². The molecule has 2 aromatic rings. The molecule has 4 heteroatoms. The summed E-state index contributed by atoms with van der Waals surface area (Å²) in [5.74, 6) is -0.237. The number of hydrogen-bond acceptors (Lipinski definition) is 2. The summed E-state index contributed by atoms with van der Waals surface area (Å²) in [6.07, 6.45) is 3.68. The van der Waals surface area contributed by atoms with Gasteiger partial charge in [0.15, 0.2) is 0 Å². The smallest absolute Gasteiger partial charge is 0.123 e. The highest BCUT2D eigenvalue weighted by molar-refractivity contribution is 5.31. The quantitative estimate of drug-likeness (QED) is 0.853. The molecule has 2 N–H and O–H groups in total. The molecule has 0 aliphatic heterocycles. The van der Waals surface area contributed by atoms with Crippen molar-refractivity contribution >= 4 is 0 Å². The molecule has 1 aromatic heterocycles. The SMILES string of the molecule is NCCCc1ccn(-c2ccc(F)cc2)n1. The fraction of sp³-hybridized carbons (Fsp3) is 0.250. The van der Waals surface area contributed by atoms with Crippen LogP contribution < -0.4 is 5.73 Å². The van der Waals surface area contributed by atoms with E-state index in [2.05, 4.69) is 5.10 Å². The minimum absolute atomic E-state index is 0.237. The Balaban J connectivity index is 2.15. The molecule has 0 saturated heterocycles. The lowest BCUT2D eigenvalue weighted by Gasteiger charge is -2.00. The Labute approximate surface area is 93.7 Å². The highest BCUT2D eigenvalue weighted by Gasteiger charge is 2.00. The van der Waals surface area contributed by atoms with Crippen LogP contribution in [0.1, 0.15) is 12.1 Å². The Kier molecular flexibility index (Phi) is 3.31. The van der Waals surface area contributed by atoms with Crippen molar-refractivity contribution < 1.29 is 4.39 Å². The summed E-state index contributed by atoms with van der Waals surface area (Å²) < 4.78 is 14.5. The van der Waals surface area contributed by atoms with Gasteiger partial charge >= 0.3 is 0 Å². The minimum atomic E-state index is -0.237. The second kappa shape index (κ2) is 4.90. The zero-order valence-electron chi connectivity index (χ0n) is 8.94. The summed E-state index contributed by atoms with van der Waals surface area (Å²) >= 11 is 0. The fourth-order valence-electron chi connectivity index (χ4n) is 1.52. The van der Waals surface area contributed by atoms with Gasteiger partial charge in [-0.2, -0.15) is 5.10 Å². The molecule has 0 spiro atoms. The molecule has 3 nitrogen and oxygen atoms in total. The van der Waals surface area contributed by atoms with Gasteiger partial charge in [-0.1, -0.05) is 0 Å². The van der Waals surface area contributed by atoms with Gasteiger partial charge < -0.3 is 5.73 Å². The van der Waals surface area contributed by atoms with Crippen LogP contribution in [0, 0.1) is 5.82 Å². The van der Waals surface area contributed by atoms with Crippen LogP contribution in [0.3, 0.4) is 0 Å². The number of aromatic nitrogens is 2. The van der Waals surface area contributed by atoms with Crippen LogP contribution in [0.2, 0.25) is 0 Å². The molecule has 0 aliphatic rings. The highest BCUT2D eigenvalue weighted by Crippen LogP contribution is 2.09. The summed E-state index contributed by atoms with van der Waals surface area (Å²) in [6.45, 7) is 0.670. The number of hydrogen-bond donors (Lipinski definition) is 1. The van der Waals surface area contributed by atoms with E-state index in [1.54, 1.807) is 16.8 Å². The number of rotatable bonds is 4. The second-order valence-electron chi connectivity index (χ2n) is 3.62. The van der Waals surface area contributed by atoms with Crippen molar-refractivity contribution in [2.45, 2.75) is 12.8 Å².